The Morgan fingerprint density at radius 3 is 1.94 bits per heavy atom. The Labute approximate surface area is 300 Å². The molecule has 2 aromatic heterocycles. The van der Waals surface area contributed by atoms with Crippen molar-refractivity contribution < 1.29 is 5.11 Å². The van der Waals surface area contributed by atoms with Crippen LogP contribution < -0.4 is 5.19 Å². The van der Waals surface area contributed by atoms with Crippen molar-refractivity contribution >= 4 is 24.3 Å². The number of phenols is 1. The summed E-state index contributed by atoms with van der Waals surface area (Å²) < 4.78 is 2.17. The molecule has 0 saturated heterocycles. The largest absolute Gasteiger partial charge is 0.507 e. The van der Waals surface area contributed by atoms with E-state index in [-0.39, 0.29) is 16.6 Å². The second-order valence-electron chi connectivity index (χ2n) is 17.3. The molecule has 50 heavy (non-hydrogen) atoms. The van der Waals surface area contributed by atoms with E-state index in [1.54, 1.807) is 6.07 Å². The number of para-hydroxylation sites is 3. The minimum absolute atomic E-state index is 0.107. The van der Waals surface area contributed by atoms with Crippen LogP contribution in [0.25, 0.3) is 50.5 Å². The number of phenolic OH excluding ortho intramolecular Hbond substituents is 1. The molecule has 1 N–H and O–H groups in total. The summed E-state index contributed by atoms with van der Waals surface area (Å²) in [6.07, 6.45) is 3.22. The highest BCUT2D eigenvalue weighted by molar-refractivity contribution is 6.89. The van der Waals surface area contributed by atoms with Crippen LogP contribution in [0.3, 0.4) is 0 Å². The highest BCUT2D eigenvalue weighted by Crippen LogP contribution is 2.45. The molecule has 0 fully saturated rings. The molecule has 4 aromatic carbocycles. The van der Waals surface area contributed by atoms with Gasteiger partial charge in [0.2, 0.25) is 0 Å². The Bertz CT molecular complexity index is 2170. The first-order valence-corrected chi connectivity index (χ1v) is 21.5. The molecular formula is C45H53N3OSi. The zero-order valence-electron chi connectivity index (χ0n) is 31.8. The van der Waals surface area contributed by atoms with Crippen LogP contribution in [-0.2, 0) is 17.3 Å². The molecule has 0 spiro atoms. The number of nitrogens with zero attached hydrogens (tertiary/aromatic N) is 3. The first-order valence-electron chi connectivity index (χ1n) is 18.0. The molecule has 0 saturated carbocycles. The van der Waals surface area contributed by atoms with Gasteiger partial charge in [0.25, 0.3) is 0 Å². The molecule has 0 aliphatic rings. The van der Waals surface area contributed by atoms with E-state index in [2.05, 4.69) is 134 Å². The Hall–Kier alpha value is -4.48. The fourth-order valence-electron chi connectivity index (χ4n) is 7.20. The minimum Gasteiger partial charge on any atom is -0.507 e. The van der Waals surface area contributed by atoms with E-state index >= 15 is 0 Å². The Kier molecular flexibility index (Phi) is 9.19. The van der Waals surface area contributed by atoms with Crippen molar-refractivity contribution in [1.82, 2.24) is 14.5 Å². The van der Waals surface area contributed by atoms with E-state index in [1.165, 1.54) is 27.4 Å². The summed E-state index contributed by atoms with van der Waals surface area (Å²) in [6, 6.07) is 31.5. The zero-order chi connectivity index (χ0) is 36.2. The molecule has 0 atom stereocenters. The van der Waals surface area contributed by atoms with Gasteiger partial charge in [0.05, 0.1) is 30.4 Å². The van der Waals surface area contributed by atoms with Gasteiger partial charge in [0.15, 0.2) is 0 Å². The molecule has 2 heterocycles. The molecule has 6 rings (SSSR count). The van der Waals surface area contributed by atoms with E-state index in [9.17, 15) is 5.11 Å². The van der Waals surface area contributed by atoms with Crippen molar-refractivity contribution in [3.05, 3.63) is 114 Å². The highest BCUT2D eigenvalue weighted by atomic mass is 28.3. The smallest absolute Gasteiger partial charge is 0.149 e. The van der Waals surface area contributed by atoms with Crippen molar-refractivity contribution in [2.75, 3.05) is 0 Å². The number of benzene rings is 4. The second kappa shape index (κ2) is 13.0. The number of fused-ring (bicyclic) bond motifs is 1. The SMILES string of the molecule is CC(C)Cc1cc(-c2cc(-c3cccc4c3nc(-c3ccccc3O)n4-c3ccccc3)c(C(C)(C)C)cc2C(C)(C)C)ncc1[Si](C)(C)C. The van der Waals surface area contributed by atoms with E-state index in [1.807, 2.05) is 36.4 Å². The molecule has 0 bridgehead atoms. The topological polar surface area (TPSA) is 50.9 Å². The number of rotatable bonds is 7. The van der Waals surface area contributed by atoms with Crippen LogP contribution in [0.4, 0.5) is 0 Å². The second-order valence-corrected chi connectivity index (χ2v) is 22.4. The lowest BCUT2D eigenvalue weighted by Gasteiger charge is -2.31. The number of hydrogen-bond donors (Lipinski definition) is 1. The molecule has 0 aliphatic carbocycles. The van der Waals surface area contributed by atoms with E-state index < -0.39 is 8.07 Å². The van der Waals surface area contributed by atoms with Gasteiger partial charge in [-0.2, -0.15) is 0 Å². The molecule has 258 valence electrons. The number of aromatic hydroxyl groups is 1. The highest BCUT2D eigenvalue weighted by Gasteiger charge is 2.30. The average Bonchev–Trinajstić information content (AvgIpc) is 3.42. The summed E-state index contributed by atoms with van der Waals surface area (Å²) in [7, 11) is -1.60. The van der Waals surface area contributed by atoms with Crippen molar-refractivity contribution in [1.29, 1.82) is 0 Å². The quantitative estimate of drug-likeness (QED) is 0.171. The molecular weight excluding hydrogens is 627 g/mol. The third kappa shape index (κ3) is 6.80. The first kappa shape index (κ1) is 35.3. The number of pyridine rings is 1. The van der Waals surface area contributed by atoms with Crippen molar-refractivity contribution in [3.63, 3.8) is 0 Å². The van der Waals surface area contributed by atoms with Gasteiger partial charge in [-0.25, -0.2) is 4.98 Å². The van der Waals surface area contributed by atoms with Crippen molar-refractivity contribution in [3.8, 4) is 45.2 Å². The zero-order valence-corrected chi connectivity index (χ0v) is 32.8. The molecule has 6 aromatic rings. The van der Waals surface area contributed by atoms with Gasteiger partial charge in [-0.1, -0.05) is 124 Å². The predicted octanol–water partition coefficient (Wildman–Crippen LogP) is 11.5. The van der Waals surface area contributed by atoms with Gasteiger partial charge < -0.3 is 5.11 Å². The lowest BCUT2D eigenvalue weighted by molar-refractivity contribution is 0.477. The lowest BCUT2D eigenvalue weighted by Crippen LogP contribution is -2.40. The van der Waals surface area contributed by atoms with E-state index in [4.69, 9.17) is 9.97 Å². The van der Waals surface area contributed by atoms with Crippen LogP contribution in [-0.4, -0.2) is 27.7 Å². The summed E-state index contributed by atoms with van der Waals surface area (Å²) in [4.78, 5) is 10.6. The Balaban J connectivity index is 1.70. The summed E-state index contributed by atoms with van der Waals surface area (Å²) in [6.45, 7) is 25.7. The van der Waals surface area contributed by atoms with Gasteiger partial charge in [0, 0.05) is 23.0 Å². The molecule has 5 heteroatoms. The van der Waals surface area contributed by atoms with Gasteiger partial charge in [0.1, 0.15) is 11.6 Å². The van der Waals surface area contributed by atoms with E-state index in [0.717, 1.165) is 40.0 Å². The third-order valence-corrected chi connectivity index (χ3v) is 11.7. The first-order chi connectivity index (χ1) is 23.4. The molecule has 4 nitrogen and oxygen atoms in total. The van der Waals surface area contributed by atoms with Crippen LogP contribution in [0, 0.1) is 5.92 Å². The fourth-order valence-corrected chi connectivity index (χ4v) is 8.79. The molecule has 0 unspecified atom stereocenters. The van der Waals surface area contributed by atoms with Gasteiger partial charge >= 0.3 is 0 Å². The van der Waals surface area contributed by atoms with Gasteiger partial charge in [-0.15, -0.1) is 0 Å². The third-order valence-electron chi connectivity index (χ3n) is 9.61. The number of aromatic nitrogens is 3. The van der Waals surface area contributed by atoms with Crippen LogP contribution in [0.1, 0.15) is 72.1 Å². The maximum atomic E-state index is 11.1. The lowest BCUT2D eigenvalue weighted by atomic mass is 9.74. The van der Waals surface area contributed by atoms with Crippen molar-refractivity contribution in [2.45, 2.75) is 92.3 Å². The van der Waals surface area contributed by atoms with Crippen LogP contribution in [0.15, 0.2) is 97.2 Å². The summed E-state index contributed by atoms with van der Waals surface area (Å²) >= 11 is 0. The van der Waals surface area contributed by atoms with Crippen LogP contribution in [0.2, 0.25) is 19.6 Å². The summed E-state index contributed by atoms with van der Waals surface area (Å²) in [5.74, 6) is 1.47. The van der Waals surface area contributed by atoms with Crippen molar-refractivity contribution in [2.24, 2.45) is 5.92 Å². The van der Waals surface area contributed by atoms with Crippen LogP contribution in [0.5, 0.6) is 5.75 Å². The Morgan fingerprint density at radius 2 is 1.32 bits per heavy atom. The average molecular weight is 680 g/mol. The molecule has 0 amide bonds. The summed E-state index contributed by atoms with van der Waals surface area (Å²) in [5, 5.41) is 12.5. The van der Waals surface area contributed by atoms with Gasteiger partial charge in [-0.3, -0.25) is 9.55 Å². The van der Waals surface area contributed by atoms with Gasteiger partial charge in [-0.05, 0) is 93.1 Å². The number of hydrogen-bond acceptors (Lipinski definition) is 3. The van der Waals surface area contributed by atoms with E-state index in [0.29, 0.717) is 17.3 Å². The fraction of sp³-hybridized carbons (Fsp3) is 0.333. The normalized spacial score (nSPS) is 12.6. The maximum absolute atomic E-state index is 11.1. The standard InChI is InChI=1S/C45H53N3OSi/c1-29(2)24-30-25-38(46-28-41(30)50(9,10)11)35-26-34(36(44(3,4)5)27-37(35)45(6,7)8)32-21-17-22-39-42(32)47-43(33-20-15-16-23-40(33)49)48(39)31-18-13-12-14-19-31/h12-23,25-29,49H,24H2,1-11H3. The molecule has 0 aliphatic heterocycles. The Morgan fingerprint density at radius 1 is 0.700 bits per heavy atom. The summed E-state index contributed by atoms with van der Waals surface area (Å²) in [5.41, 5.74) is 11.8. The minimum atomic E-state index is -1.60. The monoisotopic (exact) mass is 679 g/mol. The van der Waals surface area contributed by atoms with Crippen LogP contribution >= 0.6 is 0 Å². The predicted molar refractivity (Wildman–Crippen MR) is 216 cm³/mol. The molecule has 0 radical (unpaired) electrons. The maximum Gasteiger partial charge on any atom is 0.149 e. The number of imidazole rings is 1.